The lowest BCUT2D eigenvalue weighted by Gasteiger charge is -2.36. The highest BCUT2D eigenvalue weighted by atomic mass is 19.3. The van der Waals surface area contributed by atoms with E-state index in [2.05, 4.69) is 0 Å². The van der Waals surface area contributed by atoms with Crippen molar-refractivity contribution in [3.8, 4) is 0 Å². The van der Waals surface area contributed by atoms with Crippen LogP contribution in [-0.2, 0) is 4.79 Å². The molecule has 0 bridgehead atoms. The number of halogens is 2. The number of hydrogen-bond acceptors (Lipinski definition) is 3. The summed E-state index contributed by atoms with van der Waals surface area (Å²) in [5, 5.41) is 0. The molecule has 0 aliphatic carbocycles. The fraction of sp³-hybridized carbons (Fsp3) is 0.500. The van der Waals surface area contributed by atoms with Gasteiger partial charge in [-0.2, -0.15) is 8.78 Å². The standard InChI is InChI=1S/C14H18F2N2O/c1-10(19)14(15,16)11-6-8-18(9-7-11)13-4-2-12(17)3-5-13/h2-5,11H,6-9,17H2,1H3. The van der Waals surface area contributed by atoms with Gasteiger partial charge in [0.15, 0.2) is 5.78 Å². The first-order valence-electron chi connectivity index (χ1n) is 6.40. The molecule has 3 nitrogen and oxygen atoms in total. The normalized spacial score (nSPS) is 17.5. The van der Waals surface area contributed by atoms with Crippen molar-refractivity contribution < 1.29 is 13.6 Å². The number of anilines is 2. The summed E-state index contributed by atoms with van der Waals surface area (Å²) >= 11 is 0. The molecule has 0 aromatic heterocycles. The summed E-state index contributed by atoms with van der Waals surface area (Å²) in [5.74, 6) is -5.05. The second kappa shape index (κ2) is 5.15. The van der Waals surface area contributed by atoms with Crippen LogP contribution < -0.4 is 10.6 Å². The average Bonchev–Trinajstić information content (AvgIpc) is 2.39. The highest BCUT2D eigenvalue weighted by molar-refractivity contribution is 5.83. The lowest BCUT2D eigenvalue weighted by Crippen LogP contribution is -2.44. The monoisotopic (exact) mass is 268 g/mol. The van der Waals surface area contributed by atoms with Gasteiger partial charge in [0.05, 0.1) is 0 Å². The summed E-state index contributed by atoms with van der Waals surface area (Å²) in [7, 11) is 0. The Morgan fingerprint density at radius 2 is 1.79 bits per heavy atom. The lowest BCUT2D eigenvalue weighted by molar-refractivity contribution is -0.150. The number of nitrogen functional groups attached to an aromatic ring is 1. The molecule has 1 fully saturated rings. The summed E-state index contributed by atoms with van der Waals surface area (Å²) in [6.45, 7) is 2.04. The van der Waals surface area contributed by atoms with Gasteiger partial charge >= 0.3 is 5.92 Å². The number of ketones is 1. The van der Waals surface area contributed by atoms with Gasteiger partial charge in [0.25, 0.3) is 0 Å². The summed E-state index contributed by atoms with van der Waals surface area (Å²) in [4.78, 5) is 13.0. The van der Waals surface area contributed by atoms with Crippen LogP contribution in [0.4, 0.5) is 20.2 Å². The van der Waals surface area contributed by atoms with Crippen molar-refractivity contribution in [3.05, 3.63) is 24.3 Å². The fourth-order valence-electron chi connectivity index (χ4n) is 2.47. The molecule has 19 heavy (non-hydrogen) atoms. The zero-order valence-electron chi connectivity index (χ0n) is 10.9. The van der Waals surface area contributed by atoms with Gasteiger partial charge in [-0.3, -0.25) is 4.79 Å². The smallest absolute Gasteiger partial charge is 0.307 e. The number of hydrogen-bond donors (Lipinski definition) is 1. The largest absolute Gasteiger partial charge is 0.399 e. The minimum absolute atomic E-state index is 0.330. The quantitative estimate of drug-likeness (QED) is 0.857. The second-order valence-electron chi connectivity index (χ2n) is 5.03. The Balaban J connectivity index is 1.99. The third kappa shape index (κ3) is 2.85. The number of nitrogens with zero attached hydrogens (tertiary/aromatic N) is 1. The first kappa shape index (κ1) is 13.8. The topological polar surface area (TPSA) is 46.3 Å². The zero-order chi connectivity index (χ0) is 14.0. The Hall–Kier alpha value is -1.65. The van der Waals surface area contributed by atoms with Gasteiger partial charge in [0.2, 0.25) is 0 Å². The second-order valence-corrected chi connectivity index (χ2v) is 5.03. The Morgan fingerprint density at radius 3 is 2.26 bits per heavy atom. The zero-order valence-corrected chi connectivity index (χ0v) is 10.9. The molecule has 2 N–H and O–H groups in total. The third-order valence-corrected chi connectivity index (χ3v) is 3.74. The van der Waals surface area contributed by atoms with Crippen molar-refractivity contribution in [2.75, 3.05) is 23.7 Å². The number of benzene rings is 1. The van der Waals surface area contributed by atoms with Crippen molar-refractivity contribution in [1.82, 2.24) is 0 Å². The number of Topliss-reactive ketones (excluding diaryl/α,β-unsaturated/α-hetero) is 1. The van der Waals surface area contributed by atoms with E-state index in [1.54, 1.807) is 12.1 Å². The van der Waals surface area contributed by atoms with Gasteiger partial charge < -0.3 is 10.6 Å². The average molecular weight is 268 g/mol. The van der Waals surface area contributed by atoms with Crippen molar-refractivity contribution in [1.29, 1.82) is 0 Å². The molecule has 1 heterocycles. The van der Waals surface area contributed by atoms with Crippen molar-refractivity contribution >= 4 is 17.2 Å². The lowest BCUT2D eigenvalue weighted by atomic mass is 9.88. The van der Waals surface area contributed by atoms with E-state index >= 15 is 0 Å². The van der Waals surface area contributed by atoms with Crippen molar-refractivity contribution in [2.45, 2.75) is 25.7 Å². The molecular weight excluding hydrogens is 250 g/mol. The predicted octanol–water partition coefficient (Wildman–Crippen LogP) is 2.71. The maximum absolute atomic E-state index is 13.6. The number of carbonyl (C=O) groups excluding carboxylic acids is 1. The van der Waals surface area contributed by atoms with Crippen LogP contribution in [-0.4, -0.2) is 24.8 Å². The molecule has 1 saturated heterocycles. The molecule has 1 aromatic carbocycles. The predicted molar refractivity (Wildman–Crippen MR) is 71.4 cm³/mol. The van der Waals surface area contributed by atoms with Gasteiger partial charge in [-0.05, 0) is 37.1 Å². The maximum Gasteiger partial charge on any atom is 0.307 e. The molecule has 0 amide bonds. The van der Waals surface area contributed by atoms with Crippen LogP contribution in [0.1, 0.15) is 19.8 Å². The fourth-order valence-corrected chi connectivity index (χ4v) is 2.47. The van der Waals surface area contributed by atoms with Crippen LogP contribution in [0.25, 0.3) is 0 Å². The Morgan fingerprint density at radius 1 is 1.26 bits per heavy atom. The van der Waals surface area contributed by atoms with Gasteiger partial charge in [0, 0.05) is 37.3 Å². The van der Waals surface area contributed by atoms with Gasteiger partial charge in [0.1, 0.15) is 0 Å². The number of carbonyl (C=O) groups is 1. The minimum atomic E-state index is -3.19. The first-order valence-corrected chi connectivity index (χ1v) is 6.40. The molecule has 2 rings (SSSR count). The number of rotatable bonds is 3. The van der Waals surface area contributed by atoms with E-state index in [-0.39, 0.29) is 0 Å². The van der Waals surface area contributed by atoms with Crippen LogP contribution in [0.2, 0.25) is 0 Å². The molecular formula is C14H18F2N2O. The van der Waals surface area contributed by atoms with Crippen LogP contribution in [0.15, 0.2) is 24.3 Å². The van der Waals surface area contributed by atoms with E-state index in [1.165, 1.54) is 0 Å². The molecule has 0 unspecified atom stereocenters. The summed E-state index contributed by atoms with van der Waals surface area (Å²) in [6.07, 6.45) is 0.661. The van der Waals surface area contributed by atoms with E-state index in [0.717, 1.165) is 12.6 Å². The van der Waals surface area contributed by atoms with Gasteiger partial charge in [-0.25, -0.2) is 0 Å². The van der Waals surface area contributed by atoms with Gasteiger partial charge in [-0.15, -0.1) is 0 Å². The molecule has 5 heteroatoms. The molecule has 0 atom stereocenters. The molecule has 0 spiro atoms. The summed E-state index contributed by atoms with van der Waals surface area (Å²) < 4.78 is 27.3. The minimum Gasteiger partial charge on any atom is -0.399 e. The highest BCUT2D eigenvalue weighted by Crippen LogP contribution is 2.35. The molecule has 0 saturated carbocycles. The van der Waals surface area contributed by atoms with E-state index < -0.39 is 17.6 Å². The SMILES string of the molecule is CC(=O)C(F)(F)C1CCN(c2ccc(N)cc2)CC1. The molecule has 1 aliphatic heterocycles. The van der Waals surface area contributed by atoms with E-state index in [0.29, 0.717) is 31.6 Å². The van der Waals surface area contributed by atoms with Crippen LogP contribution >= 0.6 is 0 Å². The molecule has 104 valence electrons. The molecule has 0 radical (unpaired) electrons. The number of alkyl halides is 2. The Kier molecular flexibility index (Phi) is 3.73. The number of nitrogens with two attached hydrogens (primary N) is 1. The summed E-state index contributed by atoms with van der Waals surface area (Å²) in [5.41, 5.74) is 7.28. The van der Waals surface area contributed by atoms with E-state index in [1.807, 2.05) is 17.0 Å². The highest BCUT2D eigenvalue weighted by Gasteiger charge is 2.45. The molecule has 1 aromatic rings. The first-order chi connectivity index (χ1) is 8.91. The van der Waals surface area contributed by atoms with Crippen molar-refractivity contribution in [3.63, 3.8) is 0 Å². The number of piperidine rings is 1. The Bertz CT molecular complexity index is 451. The summed E-state index contributed by atoms with van der Waals surface area (Å²) in [6, 6.07) is 7.37. The van der Waals surface area contributed by atoms with Crippen LogP contribution in [0, 0.1) is 5.92 Å². The van der Waals surface area contributed by atoms with Crippen LogP contribution in [0.3, 0.4) is 0 Å². The van der Waals surface area contributed by atoms with E-state index in [9.17, 15) is 13.6 Å². The third-order valence-electron chi connectivity index (χ3n) is 3.74. The van der Waals surface area contributed by atoms with Crippen LogP contribution in [0.5, 0.6) is 0 Å². The van der Waals surface area contributed by atoms with Gasteiger partial charge in [-0.1, -0.05) is 0 Å². The van der Waals surface area contributed by atoms with E-state index in [4.69, 9.17) is 5.73 Å². The van der Waals surface area contributed by atoms with Crippen molar-refractivity contribution in [2.24, 2.45) is 5.92 Å². The molecule has 1 aliphatic rings. The maximum atomic E-state index is 13.6. The Labute approximate surface area is 111 Å².